The second-order valence-corrected chi connectivity index (χ2v) is 12.0. The van der Waals surface area contributed by atoms with E-state index in [1.165, 1.54) is 29.2 Å². The minimum absolute atomic E-state index is 0.0243. The van der Waals surface area contributed by atoms with Gasteiger partial charge < -0.3 is 10.2 Å². The van der Waals surface area contributed by atoms with Crippen LogP contribution in [-0.4, -0.2) is 44.3 Å². The molecule has 2 amide bonds. The van der Waals surface area contributed by atoms with Crippen LogP contribution in [0.5, 0.6) is 0 Å². The Hall–Kier alpha value is -2.78. The second-order valence-electron chi connectivity index (χ2n) is 8.88. The third-order valence-corrected chi connectivity index (χ3v) is 8.72. The Morgan fingerprint density at radius 3 is 2.08 bits per heavy atom. The summed E-state index contributed by atoms with van der Waals surface area (Å²) in [6.07, 6.45) is 0.300. The Labute approximate surface area is 244 Å². The fraction of sp³-hybridized carbons (Fsp3) is 0.286. The third kappa shape index (κ3) is 7.66. The maximum absolute atomic E-state index is 14.0. The van der Waals surface area contributed by atoms with E-state index in [1.54, 1.807) is 56.3 Å². The van der Waals surface area contributed by atoms with Crippen LogP contribution in [0, 0.1) is 6.92 Å². The number of benzene rings is 3. The van der Waals surface area contributed by atoms with Gasteiger partial charge in [-0.25, -0.2) is 8.42 Å². The average molecular weight is 611 g/mol. The molecule has 0 radical (unpaired) electrons. The van der Waals surface area contributed by atoms with Gasteiger partial charge in [0.25, 0.3) is 10.0 Å². The molecule has 3 aromatic rings. The van der Waals surface area contributed by atoms with Crippen molar-refractivity contribution in [3.8, 4) is 0 Å². The lowest BCUT2D eigenvalue weighted by atomic mass is 10.1. The topological polar surface area (TPSA) is 86.8 Å². The normalized spacial score (nSPS) is 12.1. The molecular weight excluding hydrogens is 581 g/mol. The summed E-state index contributed by atoms with van der Waals surface area (Å²) in [6.45, 7) is 5.20. The lowest BCUT2D eigenvalue weighted by molar-refractivity contribution is -0.140. The number of halogens is 3. The summed E-state index contributed by atoms with van der Waals surface area (Å²) in [6, 6.07) is 16.5. The molecule has 7 nitrogen and oxygen atoms in total. The monoisotopic (exact) mass is 609 g/mol. The van der Waals surface area contributed by atoms with Crippen molar-refractivity contribution in [2.45, 2.75) is 44.7 Å². The predicted molar refractivity (Wildman–Crippen MR) is 157 cm³/mol. The van der Waals surface area contributed by atoms with Gasteiger partial charge in [0.1, 0.15) is 12.6 Å². The number of likely N-dealkylation sites (N-methyl/N-ethyl adjacent to an activating group) is 1. The first kappa shape index (κ1) is 30.8. The number of sulfonamides is 1. The molecule has 3 rings (SSSR count). The molecule has 0 aliphatic heterocycles. The zero-order valence-corrected chi connectivity index (χ0v) is 24.9. The number of carbonyl (C=O) groups is 2. The quantitative estimate of drug-likeness (QED) is 0.285. The Morgan fingerprint density at radius 2 is 1.51 bits per heavy atom. The minimum atomic E-state index is -4.16. The zero-order chi connectivity index (χ0) is 28.7. The smallest absolute Gasteiger partial charge is 0.264 e. The molecule has 0 saturated carbocycles. The van der Waals surface area contributed by atoms with Crippen LogP contribution >= 0.6 is 34.8 Å². The summed E-state index contributed by atoms with van der Waals surface area (Å²) in [7, 11) is -4.16. The van der Waals surface area contributed by atoms with Crippen LogP contribution in [0.15, 0.2) is 71.6 Å². The van der Waals surface area contributed by atoms with Crippen molar-refractivity contribution < 1.29 is 18.0 Å². The van der Waals surface area contributed by atoms with Gasteiger partial charge in [-0.05, 0) is 74.4 Å². The molecule has 0 spiro atoms. The van der Waals surface area contributed by atoms with Crippen LogP contribution in [0.4, 0.5) is 5.69 Å². The van der Waals surface area contributed by atoms with E-state index in [1.807, 2.05) is 6.92 Å². The molecule has 0 heterocycles. The van der Waals surface area contributed by atoms with E-state index >= 15 is 0 Å². The molecule has 39 heavy (non-hydrogen) atoms. The Kier molecular flexibility index (Phi) is 10.7. The van der Waals surface area contributed by atoms with Crippen LogP contribution in [-0.2, 0) is 26.2 Å². The van der Waals surface area contributed by atoms with Gasteiger partial charge >= 0.3 is 0 Å². The highest BCUT2D eigenvalue weighted by Gasteiger charge is 2.33. The minimum Gasteiger partial charge on any atom is -0.355 e. The number of carbonyl (C=O) groups excluding carboxylic acids is 2. The Balaban J connectivity index is 2.07. The summed E-state index contributed by atoms with van der Waals surface area (Å²) in [4.78, 5) is 28.3. The molecule has 0 aliphatic rings. The van der Waals surface area contributed by atoms with E-state index < -0.39 is 28.5 Å². The predicted octanol–water partition coefficient (Wildman–Crippen LogP) is 6.09. The molecule has 0 unspecified atom stereocenters. The molecule has 3 aromatic carbocycles. The standard InChI is InChI=1S/C28H30Cl3N3O4S/c1-4-26(28(36)32-5-2)33(17-20-8-9-22(30)16-25(20)31)27(35)18-34(23-12-10-21(29)11-13-23)39(37,38)24-14-6-19(3)7-15-24/h6-16,26H,4-5,17-18H2,1-3H3,(H,32,36)/t26-/m0/s1. The van der Waals surface area contributed by atoms with Crippen LogP contribution in [0.1, 0.15) is 31.4 Å². The van der Waals surface area contributed by atoms with E-state index in [0.717, 1.165) is 9.87 Å². The van der Waals surface area contributed by atoms with Crippen LogP contribution in [0.3, 0.4) is 0 Å². The SMILES string of the molecule is CCNC(=O)[C@H](CC)N(Cc1ccc(Cl)cc1Cl)C(=O)CN(c1ccc(Cl)cc1)S(=O)(=O)c1ccc(C)cc1. The van der Waals surface area contributed by atoms with Gasteiger partial charge in [0, 0.05) is 28.2 Å². The highest BCUT2D eigenvalue weighted by atomic mass is 35.5. The number of amides is 2. The van der Waals surface area contributed by atoms with Gasteiger partial charge in [0.2, 0.25) is 11.8 Å². The molecule has 0 aliphatic carbocycles. The first-order valence-corrected chi connectivity index (χ1v) is 14.9. The third-order valence-electron chi connectivity index (χ3n) is 6.10. The summed E-state index contributed by atoms with van der Waals surface area (Å²) in [5, 5.41) is 3.93. The highest BCUT2D eigenvalue weighted by molar-refractivity contribution is 7.92. The summed E-state index contributed by atoms with van der Waals surface area (Å²) in [5.74, 6) is -0.928. The molecule has 0 saturated heterocycles. The van der Waals surface area contributed by atoms with E-state index in [2.05, 4.69) is 5.32 Å². The molecular formula is C28H30Cl3N3O4S. The van der Waals surface area contributed by atoms with Gasteiger partial charge in [0.15, 0.2) is 0 Å². The summed E-state index contributed by atoms with van der Waals surface area (Å²) < 4.78 is 28.7. The first-order valence-electron chi connectivity index (χ1n) is 12.3. The van der Waals surface area contributed by atoms with Gasteiger partial charge in [-0.3, -0.25) is 13.9 Å². The first-order chi connectivity index (χ1) is 18.5. The molecule has 0 aromatic heterocycles. The van der Waals surface area contributed by atoms with E-state index in [4.69, 9.17) is 34.8 Å². The summed E-state index contributed by atoms with van der Waals surface area (Å²) >= 11 is 18.5. The van der Waals surface area contributed by atoms with Crippen molar-refractivity contribution in [3.05, 3.63) is 92.9 Å². The molecule has 1 atom stereocenters. The molecule has 208 valence electrons. The highest BCUT2D eigenvalue weighted by Crippen LogP contribution is 2.28. The van der Waals surface area contributed by atoms with Gasteiger partial charge in [-0.2, -0.15) is 0 Å². The zero-order valence-electron chi connectivity index (χ0n) is 21.8. The van der Waals surface area contributed by atoms with Gasteiger partial charge in [-0.1, -0.05) is 65.5 Å². The number of nitrogens with one attached hydrogen (secondary N) is 1. The maximum Gasteiger partial charge on any atom is 0.264 e. The van der Waals surface area contributed by atoms with Crippen molar-refractivity contribution in [3.63, 3.8) is 0 Å². The van der Waals surface area contributed by atoms with Crippen molar-refractivity contribution in [1.82, 2.24) is 10.2 Å². The van der Waals surface area contributed by atoms with Crippen LogP contribution in [0.2, 0.25) is 15.1 Å². The summed E-state index contributed by atoms with van der Waals surface area (Å²) in [5.41, 5.74) is 1.71. The molecule has 0 fully saturated rings. The number of hydrogen-bond donors (Lipinski definition) is 1. The largest absolute Gasteiger partial charge is 0.355 e. The Morgan fingerprint density at radius 1 is 0.897 bits per heavy atom. The fourth-order valence-corrected chi connectivity index (χ4v) is 6.03. The molecule has 1 N–H and O–H groups in total. The second kappa shape index (κ2) is 13.5. The van der Waals surface area contributed by atoms with Crippen LogP contribution < -0.4 is 9.62 Å². The lowest BCUT2D eigenvalue weighted by Crippen LogP contribution is -2.52. The maximum atomic E-state index is 14.0. The lowest BCUT2D eigenvalue weighted by Gasteiger charge is -2.33. The fourth-order valence-electron chi connectivity index (χ4n) is 4.02. The number of aryl methyl sites for hydroxylation is 1. The van der Waals surface area contributed by atoms with Crippen molar-refractivity contribution in [2.75, 3.05) is 17.4 Å². The van der Waals surface area contributed by atoms with E-state index in [0.29, 0.717) is 33.6 Å². The average Bonchev–Trinajstić information content (AvgIpc) is 2.89. The number of hydrogen-bond acceptors (Lipinski definition) is 4. The van der Waals surface area contributed by atoms with Gasteiger partial charge in [0.05, 0.1) is 10.6 Å². The van der Waals surface area contributed by atoms with Crippen molar-refractivity contribution in [1.29, 1.82) is 0 Å². The van der Waals surface area contributed by atoms with Crippen molar-refractivity contribution in [2.24, 2.45) is 0 Å². The number of nitrogens with zero attached hydrogens (tertiary/aromatic N) is 2. The van der Waals surface area contributed by atoms with E-state index in [-0.39, 0.29) is 23.0 Å². The number of anilines is 1. The molecule has 0 bridgehead atoms. The van der Waals surface area contributed by atoms with Crippen molar-refractivity contribution >= 4 is 62.3 Å². The van der Waals surface area contributed by atoms with E-state index in [9.17, 15) is 18.0 Å². The number of rotatable bonds is 11. The van der Waals surface area contributed by atoms with Gasteiger partial charge in [-0.15, -0.1) is 0 Å². The Bertz CT molecular complexity index is 1410. The van der Waals surface area contributed by atoms with Crippen LogP contribution in [0.25, 0.3) is 0 Å². The molecule has 11 heteroatoms.